The number of ether oxygens (including phenoxy) is 2. The summed E-state index contributed by atoms with van der Waals surface area (Å²) >= 11 is 0. The molecular weight excluding hydrogens is 450 g/mol. The van der Waals surface area contributed by atoms with Crippen LogP contribution in [0.15, 0.2) is 41.6 Å². The first-order valence-corrected chi connectivity index (χ1v) is 12.5. The van der Waals surface area contributed by atoms with E-state index in [1.807, 2.05) is 24.3 Å². The zero-order valence-electron chi connectivity index (χ0n) is 19.9. The molecule has 1 N–H and O–H groups in total. The molecule has 0 spiro atoms. The SMILES string of the molecule is Cl.ON=C1c2cc(OCCN3CCCCC3)ccc2-c2ccc(OCCN3CCCCC3)cc21. The maximum Gasteiger partial charge on any atom is 0.120 e. The maximum atomic E-state index is 9.83. The summed E-state index contributed by atoms with van der Waals surface area (Å²) in [5.41, 5.74) is 4.55. The third kappa shape index (κ3) is 5.68. The van der Waals surface area contributed by atoms with Gasteiger partial charge in [0.2, 0.25) is 0 Å². The Morgan fingerprint density at radius 2 is 1.09 bits per heavy atom. The Kier molecular flexibility index (Phi) is 8.70. The van der Waals surface area contributed by atoms with E-state index in [0.717, 1.165) is 46.8 Å². The third-order valence-corrected chi connectivity index (χ3v) is 7.13. The normalized spacial score (nSPS) is 18.1. The molecule has 184 valence electrons. The number of likely N-dealkylation sites (tertiary alicyclic amines) is 2. The molecule has 0 saturated carbocycles. The first kappa shape index (κ1) is 24.8. The number of piperidine rings is 2. The number of nitrogens with zero attached hydrogens (tertiary/aromatic N) is 3. The van der Waals surface area contributed by atoms with Crippen LogP contribution >= 0.6 is 12.4 Å². The number of rotatable bonds is 8. The van der Waals surface area contributed by atoms with Crippen molar-refractivity contribution in [3.05, 3.63) is 47.5 Å². The van der Waals surface area contributed by atoms with E-state index in [-0.39, 0.29) is 12.4 Å². The zero-order chi connectivity index (χ0) is 22.5. The first-order chi connectivity index (χ1) is 16.3. The fourth-order valence-corrected chi connectivity index (χ4v) is 5.29. The van der Waals surface area contributed by atoms with Crippen LogP contribution in [0.5, 0.6) is 11.5 Å². The van der Waals surface area contributed by atoms with E-state index in [1.165, 1.54) is 64.7 Å². The van der Waals surface area contributed by atoms with Gasteiger partial charge in [-0.3, -0.25) is 9.80 Å². The molecule has 0 aromatic heterocycles. The van der Waals surface area contributed by atoms with E-state index in [4.69, 9.17) is 9.47 Å². The van der Waals surface area contributed by atoms with E-state index < -0.39 is 0 Å². The second-order valence-electron chi connectivity index (χ2n) is 9.36. The average molecular weight is 486 g/mol. The van der Waals surface area contributed by atoms with Crippen LogP contribution in [0.4, 0.5) is 0 Å². The lowest BCUT2D eigenvalue weighted by Gasteiger charge is -2.26. The van der Waals surface area contributed by atoms with Gasteiger partial charge in [-0.2, -0.15) is 0 Å². The van der Waals surface area contributed by atoms with Crippen molar-refractivity contribution in [1.29, 1.82) is 0 Å². The highest BCUT2D eigenvalue weighted by Gasteiger charge is 2.27. The lowest BCUT2D eigenvalue weighted by molar-refractivity contribution is 0.183. The van der Waals surface area contributed by atoms with Crippen LogP contribution in [0.2, 0.25) is 0 Å². The van der Waals surface area contributed by atoms with Gasteiger partial charge in [0.15, 0.2) is 0 Å². The van der Waals surface area contributed by atoms with Crippen molar-refractivity contribution in [3.63, 3.8) is 0 Å². The first-order valence-electron chi connectivity index (χ1n) is 12.5. The molecule has 3 aliphatic rings. The molecule has 2 aliphatic heterocycles. The third-order valence-electron chi connectivity index (χ3n) is 7.13. The van der Waals surface area contributed by atoms with Gasteiger partial charge in [-0.1, -0.05) is 18.0 Å². The number of fused-ring (bicyclic) bond motifs is 3. The number of hydrogen-bond acceptors (Lipinski definition) is 6. The van der Waals surface area contributed by atoms with Crippen molar-refractivity contribution in [3.8, 4) is 22.6 Å². The second kappa shape index (κ2) is 11.9. The fraction of sp³-hybridized carbons (Fsp3) is 0.519. The van der Waals surface area contributed by atoms with Crippen LogP contribution in [0.25, 0.3) is 11.1 Å². The topological polar surface area (TPSA) is 57.5 Å². The van der Waals surface area contributed by atoms with Gasteiger partial charge in [-0.15, -0.1) is 12.4 Å². The number of benzene rings is 2. The summed E-state index contributed by atoms with van der Waals surface area (Å²) < 4.78 is 12.1. The Hall–Kier alpha value is -2.28. The van der Waals surface area contributed by atoms with Crippen LogP contribution in [-0.4, -0.2) is 73.2 Å². The number of oxime groups is 1. The molecule has 0 amide bonds. The Bertz CT molecular complexity index is 910. The van der Waals surface area contributed by atoms with Gasteiger partial charge in [0.25, 0.3) is 0 Å². The van der Waals surface area contributed by atoms with Crippen molar-refractivity contribution < 1.29 is 14.7 Å². The molecular formula is C27H36ClN3O3. The summed E-state index contributed by atoms with van der Waals surface area (Å²) in [7, 11) is 0. The smallest absolute Gasteiger partial charge is 0.120 e. The molecule has 2 aromatic rings. The number of hydrogen-bond donors (Lipinski definition) is 1. The van der Waals surface area contributed by atoms with Crippen molar-refractivity contribution in [2.45, 2.75) is 38.5 Å². The molecule has 2 saturated heterocycles. The van der Waals surface area contributed by atoms with Gasteiger partial charge in [-0.05, 0) is 99.4 Å². The van der Waals surface area contributed by atoms with E-state index in [9.17, 15) is 5.21 Å². The molecule has 7 heteroatoms. The predicted molar refractivity (Wildman–Crippen MR) is 138 cm³/mol. The van der Waals surface area contributed by atoms with Gasteiger partial charge in [0, 0.05) is 24.2 Å². The van der Waals surface area contributed by atoms with Crippen LogP contribution < -0.4 is 9.47 Å². The molecule has 0 radical (unpaired) electrons. The maximum absolute atomic E-state index is 9.83. The molecule has 34 heavy (non-hydrogen) atoms. The van der Waals surface area contributed by atoms with E-state index >= 15 is 0 Å². The lowest BCUT2D eigenvalue weighted by atomic mass is 10.1. The minimum atomic E-state index is 0. The Morgan fingerprint density at radius 1 is 0.647 bits per heavy atom. The minimum absolute atomic E-state index is 0. The van der Waals surface area contributed by atoms with Crippen LogP contribution in [0.3, 0.4) is 0 Å². The molecule has 0 unspecified atom stereocenters. The van der Waals surface area contributed by atoms with Gasteiger partial charge < -0.3 is 14.7 Å². The van der Waals surface area contributed by atoms with Crippen LogP contribution in [0, 0.1) is 0 Å². The van der Waals surface area contributed by atoms with Gasteiger partial charge >= 0.3 is 0 Å². The van der Waals surface area contributed by atoms with E-state index in [0.29, 0.717) is 18.9 Å². The molecule has 0 bridgehead atoms. The van der Waals surface area contributed by atoms with Gasteiger partial charge in [0.05, 0.1) is 0 Å². The summed E-state index contributed by atoms with van der Waals surface area (Å²) in [5.74, 6) is 1.63. The van der Waals surface area contributed by atoms with E-state index in [1.54, 1.807) is 0 Å². The molecule has 2 heterocycles. The van der Waals surface area contributed by atoms with Crippen molar-refractivity contribution in [2.24, 2.45) is 5.16 Å². The average Bonchev–Trinajstić information content (AvgIpc) is 3.17. The highest BCUT2D eigenvalue weighted by Crippen LogP contribution is 2.40. The summed E-state index contributed by atoms with van der Waals surface area (Å²) in [6, 6.07) is 12.2. The predicted octanol–water partition coefficient (Wildman–Crippen LogP) is 5.04. The Morgan fingerprint density at radius 3 is 1.50 bits per heavy atom. The molecule has 1 aliphatic carbocycles. The molecule has 5 rings (SSSR count). The summed E-state index contributed by atoms with van der Waals surface area (Å²) in [4.78, 5) is 4.94. The minimum Gasteiger partial charge on any atom is -0.492 e. The fourth-order valence-electron chi connectivity index (χ4n) is 5.29. The molecule has 0 atom stereocenters. The summed E-state index contributed by atoms with van der Waals surface area (Å²) in [5, 5.41) is 13.5. The Labute approximate surface area is 208 Å². The van der Waals surface area contributed by atoms with Crippen molar-refractivity contribution in [2.75, 3.05) is 52.5 Å². The lowest BCUT2D eigenvalue weighted by Crippen LogP contribution is -2.33. The molecule has 6 nitrogen and oxygen atoms in total. The van der Waals surface area contributed by atoms with Gasteiger partial charge in [-0.25, -0.2) is 0 Å². The van der Waals surface area contributed by atoms with E-state index in [2.05, 4.69) is 27.1 Å². The second-order valence-corrected chi connectivity index (χ2v) is 9.36. The van der Waals surface area contributed by atoms with Gasteiger partial charge in [0.1, 0.15) is 30.4 Å². The van der Waals surface area contributed by atoms with Crippen molar-refractivity contribution in [1.82, 2.24) is 9.80 Å². The van der Waals surface area contributed by atoms with Crippen LogP contribution in [0.1, 0.15) is 49.7 Å². The number of halogens is 1. The Balaban J connectivity index is 0.00000274. The molecule has 2 aromatic carbocycles. The summed E-state index contributed by atoms with van der Waals surface area (Å²) in [6.07, 6.45) is 7.85. The highest BCUT2D eigenvalue weighted by atomic mass is 35.5. The zero-order valence-corrected chi connectivity index (χ0v) is 20.7. The largest absolute Gasteiger partial charge is 0.492 e. The summed E-state index contributed by atoms with van der Waals surface area (Å²) in [6.45, 7) is 7.95. The van der Waals surface area contributed by atoms with Crippen LogP contribution in [-0.2, 0) is 0 Å². The molecule has 2 fully saturated rings. The standard InChI is InChI=1S/C27H35N3O3.ClH/c31-28-27-25-19-21(32-17-15-29-11-3-1-4-12-29)7-9-23(25)24-10-8-22(20-26(24)27)33-18-16-30-13-5-2-6-14-30;/h7-10,19-20,31H,1-6,11-18H2;1H. The van der Waals surface area contributed by atoms with Crippen molar-refractivity contribution >= 4 is 18.1 Å². The highest BCUT2D eigenvalue weighted by molar-refractivity contribution is 6.24. The quantitative estimate of drug-likeness (QED) is 0.357. The monoisotopic (exact) mass is 485 g/mol.